The van der Waals surface area contributed by atoms with Gasteiger partial charge in [-0.1, -0.05) is 55.0 Å². The minimum atomic E-state index is 0. The summed E-state index contributed by atoms with van der Waals surface area (Å²) in [5, 5.41) is 12.6. The number of aliphatic hydroxyl groups is 1. The number of ether oxygens (including phenoxy) is 1. The van der Waals surface area contributed by atoms with Crippen LogP contribution in [0.2, 0.25) is 0 Å². The van der Waals surface area contributed by atoms with Gasteiger partial charge >= 0.3 is 0 Å². The molecule has 0 fully saturated rings. The Balaban J connectivity index is 0.00000264. The predicted molar refractivity (Wildman–Crippen MR) is 90.0 cm³/mol. The summed E-state index contributed by atoms with van der Waals surface area (Å²) in [5.41, 5.74) is 3.53. The van der Waals surface area contributed by atoms with E-state index in [1.807, 2.05) is 18.2 Å². The number of aliphatic hydroxyl groups excluding tert-OH is 1. The zero-order chi connectivity index (χ0) is 15.8. The fourth-order valence-corrected chi connectivity index (χ4v) is 2.23. The molecule has 1 atom stereocenters. The summed E-state index contributed by atoms with van der Waals surface area (Å²) in [4.78, 5) is 0. The van der Waals surface area contributed by atoms with Crippen LogP contribution < -0.4 is 22.5 Å². The van der Waals surface area contributed by atoms with Gasteiger partial charge < -0.3 is 27.6 Å². The van der Waals surface area contributed by atoms with Gasteiger partial charge in [0.2, 0.25) is 0 Å². The Morgan fingerprint density at radius 1 is 1.09 bits per heavy atom. The number of benzene rings is 2. The molecule has 0 radical (unpaired) electrons. The lowest BCUT2D eigenvalue weighted by atomic mass is 10.1. The van der Waals surface area contributed by atoms with Gasteiger partial charge in [0.25, 0.3) is 0 Å². The molecule has 2 rings (SSSR count). The zero-order valence-corrected chi connectivity index (χ0v) is 14.5. The number of rotatable bonds is 8. The molecule has 2 aromatic carbocycles. The summed E-state index contributed by atoms with van der Waals surface area (Å²) in [6, 6.07) is 16.5. The highest BCUT2D eigenvalue weighted by Gasteiger charge is 2.07. The lowest BCUT2D eigenvalue weighted by molar-refractivity contribution is -0.00000596. The van der Waals surface area contributed by atoms with E-state index in [9.17, 15) is 5.11 Å². The molecule has 0 saturated heterocycles. The molecule has 0 bridgehead atoms. The first-order chi connectivity index (χ1) is 10.7. The molecule has 2 aromatic rings. The Labute approximate surface area is 145 Å². The first-order valence-corrected chi connectivity index (χ1v) is 7.83. The molecule has 0 amide bonds. The summed E-state index contributed by atoms with van der Waals surface area (Å²) < 4.78 is 5.96. The van der Waals surface area contributed by atoms with Gasteiger partial charge in [0, 0.05) is 18.2 Å². The van der Waals surface area contributed by atoms with E-state index in [-0.39, 0.29) is 25.1 Å². The van der Waals surface area contributed by atoms with Crippen LogP contribution in [0.3, 0.4) is 0 Å². The normalized spacial score (nSPS) is 11.6. The third kappa shape index (κ3) is 6.22. The van der Waals surface area contributed by atoms with E-state index in [1.54, 1.807) is 0 Å². The monoisotopic (exact) mass is 334 g/mol. The van der Waals surface area contributed by atoms with Gasteiger partial charge in [0.15, 0.2) is 0 Å². The number of halogens is 1. The van der Waals surface area contributed by atoms with Crippen molar-refractivity contribution >= 4 is 0 Å². The standard InChI is InChI=1S/C19H25NO2.ClH/c1-3-18(13-21)20-12-17-6-4-5-7-19(17)22-14-16-10-8-15(2)9-11-16;/h4-11,18,20-21H,3,12-14H2,1-2H3;1H/p-1. The number of aryl methyl sites for hydroxylation is 1. The average Bonchev–Trinajstić information content (AvgIpc) is 2.56. The molecule has 0 aromatic heterocycles. The second-order valence-electron chi connectivity index (χ2n) is 5.55. The van der Waals surface area contributed by atoms with Gasteiger partial charge in [0.05, 0.1) is 6.61 Å². The van der Waals surface area contributed by atoms with E-state index in [2.05, 4.69) is 49.5 Å². The number of hydrogen-bond donors (Lipinski definition) is 2. The average molecular weight is 335 g/mol. The molecule has 0 saturated carbocycles. The molecule has 126 valence electrons. The Morgan fingerprint density at radius 2 is 1.78 bits per heavy atom. The molecule has 1 unspecified atom stereocenters. The molecule has 2 N–H and O–H groups in total. The SMILES string of the molecule is CCC(CO)NCc1ccccc1OCc1ccc(C)cc1.[Cl-]. The number of nitrogens with one attached hydrogen (secondary N) is 1. The van der Waals surface area contributed by atoms with E-state index in [1.165, 1.54) is 5.56 Å². The van der Waals surface area contributed by atoms with E-state index < -0.39 is 0 Å². The lowest BCUT2D eigenvalue weighted by Gasteiger charge is -2.16. The molecule has 3 nitrogen and oxygen atoms in total. The Bertz CT molecular complexity index is 568. The first-order valence-electron chi connectivity index (χ1n) is 7.83. The van der Waals surface area contributed by atoms with Crippen molar-refractivity contribution in [2.24, 2.45) is 0 Å². The van der Waals surface area contributed by atoms with Crippen LogP contribution >= 0.6 is 0 Å². The maximum atomic E-state index is 9.25. The van der Waals surface area contributed by atoms with Crippen LogP contribution in [0, 0.1) is 6.92 Å². The smallest absolute Gasteiger partial charge is 0.124 e. The van der Waals surface area contributed by atoms with Crippen molar-refractivity contribution in [3.63, 3.8) is 0 Å². The second-order valence-corrected chi connectivity index (χ2v) is 5.55. The second kappa shape index (κ2) is 10.3. The van der Waals surface area contributed by atoms with Crippen LogP contribution in [0.15, 0.2) is 48.5 Å². The molecule has 4 heteroatoms. The first kappa shape index (κ1) is 19.5. The fraction of sp³-hybridized carbons (Fsp3) is 0.368. The lowest BCUT2D eigenvalue weighted by Crippen LogP contribution is -3.00. The minimum Gasteiger partial charge on any atom is -1.00 e. The highest BCUT2D eigenvalue weighted by molar-refractivity contribution is 5.33. The third-order valence-electron chi connectivity index (χ3n) is 3.78. The van der Waals surface area contributed by atoms with Gasteiger partial charge in [-0.3, -0.25) is 0 Å². The number of para-hydroxylation sites is 1. The van der Waals surface area contributed by atoms with Crippen molar-refractivity contribution in [2.45, 2.75) is 39.5 Å². The quantitative estimate of drug-likeness (QED) is 0.736. The topological polar surface area (TPSA) is 41.5 Å². The highest BCUT2D eigenvalue weighted by atomic mass is 35.5. The summed E-state index contributed by atoms with van der Waals surface area (Å²) in [5.74, 6) is 0.892. The minimum absolute atomic E-state index is 0. The summed E-state index contributed by atoms with van der Waals surface area (Å²) in [7, 11) is 0. The largest absolute Gasteiger partial charge is 1.00 e. The van der Waals surface area contributed by atoms with Crippen molar-refractivity contribution in [1.29, 1.82) is 0 Å². The van der Waals surface area contributed by atoms with Crippen LogP contribution in [0.25, 0.3) is 0 Å². The third-order valence-corrected chi connectivity index (χ3v) is 3.78. The van der Waals surface area contributed by atoms with Gasteiger partial charge in [-0.05, 0) is 25.0 Å². The van der Waals surface area contributed by atoms with E-state index >= 15 is 0 Å². The van der Waals surface area contributed by atoms with Crippen molar-refractivity contribution in [2.75, 3.05) is 6.61 Å². The van der Waals surface area contributed by atoms with Crippen molar-refractivity contribution < 1.29 is 22.3 Å². The zero-order valence-electron chi connectivity index (χ0n) is 13.8. The van der Waals surface area contributed by atoms with E-state index in [0.717, 1.165) is 23.3 Å². The van der Waals surface area contributed by atoms with Crippen LogP contribution in [0.4, 0.5) is 0 Å². The molecular formula is C19H25ClNO2-. The molecule has 0 aliphatic rings. The van der Waals surface area contributed by atoms with E-state index in [4.69, 9.17) is 4.74 Å². The van der Waals surface area contributed by atoms with Crippen molar-refractivity contribution in [3.8, 4) is 5.75 Å². The molecular weight excluding hydrogens is 310 g/mol. The van der Waals surface area contributed by atoms with Crippen LogP contribution in [-0.2, 0) is 13.2 Å². The Hall–Kier alpha value is -1.55. The highest BCUT2D eigenvalue weighted by Crippen LogP contribution is 2.19. The molecule has 0 aliphatic heterocycles. The van der Waals surface area contributed by atoms with Gasteiger partial charge in [-0.2, -0.15) is 0 Å². The van der Waals surface area contributed by atoms with Crippen molar-refractivity contribution in [1.82, 2.24) is 5.32 Å². The molecule has 0 heterocycles. The maximum absolute atomic E-state index is 9.25. The van der Waals surface area contributed by atoms with Gasteiger partial charge in [-0.15, -0.1) is 0 Å². The predicted octanol–water partition coefficient (Wildman–Crippen LogP) is 0.439. The summed E-state index contributed by atoms with van der Waals surface area (Å²) in [6.45, 7) is 5.56. The fourth-order valence-electron chi connectivity index (χ4n) is 2.23. The van der Waals surface area contributed by atoms with E-state index in [0.29, 0.717) is 13.2 Å². The summed E-state index contributed by atoms with van der Waals surface area (Å²) in [6.07, 6.45) is 0.906. The van der Waals surface area contributed by atoms with Crippen LogP contribution in [0.1, 0.15) is 30.0 Å². The van der Waals surface area contributed by atoms with Gasteiger partial charge in [0.1, 0.15) is 12.4 Å². The summed E-state index contributed by atoms with van der Waals surface area (Å²) >= 11 is 0. The van der Waals surface area contributed by atoms with Gasteiger partial charge in [-0.25, -0.2) is 0 Å². The molecule has 0 aliphatic carbocycles. The Morgan fingerprint density at radius 3 is 2.43 bits per heavy atom. The van der Waals surface area contributed by atoms with Crippen LogP contribution in [-0.4, -0.2) is 17.8 Å². The van der Waals surface area contributed by atoms with Crippen molar-refractivity contribution in [3.05, 3.63) is 65.2 Å². The molecule has 0 spiro atoms. The van der Waals surface area contributed by atoms with Crippen LogP contribution in [0.5, 0.6) is 5.75 Å². The maximum Gasteiger partial charge on any atom is 0.124 e. The number of hydrogen-bond acceptors (Lipinski definition) is 3. The Kier molecular flexibility index (Phi) is 8.70. The molecule has 23 heavy (non-hydrogen) atoms.